The van der Waals surface area contributed by atoms with Gasteiger partial charge in [0.1, 0.15) is 5.75 Å². The molecule has 2 rings (SSSR count). The van der Waals surface area contributed by atoms with Crippen LogP contribution < -0.4 is 4.74 Å². The smallest absolute Gasteiger partial charge is 0.216 e. The van der Waals surface area contributed by atoms with Crippen molar-refractivity contribution in [2.24, 2.45) is 5.10 Å². The maximum atomic E-state index is 5.47. The van der Waals surface area contributed by atoms with Gasteiger partial charge in [-0.3, -0.25) is 5.10 Å². The fourth-order valence-corrected chi connectivity index (χ4v) is 2.47. The molecule has 6 heteroatoms. The Morgan fingerprint density at radius 2 is 2.18 bits per heavy atom. The zero-order valence-corrected chi connectivity index (χ0v) is 14.5. The molecule has 0 aliphatic heterocycles. The summed E-state index contributed by atoms with van der Waals surface area (Å²) < 4.78 is 7.63. The van der Waals surface area contributed by atoms with Crippen LogP contribution in [0.15, 0.2) is 17.2 Å². The Bertz CT molecular complexity index is 743. The third-order valence-electron chi connectivity index (χ3n) is 3.59. The zero-order valence-electron chi connectivity index (χ0n) is 13.7. The lowest BCUT2D eigenvalue weighted by Crippen LogP contribution is -2.01. The Labute approximate surface area is 136 Å². The molecule has 1 heterocycles. The highest BCUT2D eigenvalue weighted by atomic mass is 32.1. The lowest BCUT2D eigenvalue weighted by atomic mass is 9.97. The highest BCUT2D eigenvalue weighted by molar-refractivity contribution is 7.71. The molecule has 118 valence electrons. The van der Waals surface area contributed by atoms with E-state index in [1.54, 1.807) is 11.8 Å². The minimum Gasteiger partial charge on any atom is -0.496 e. The van der Waals surface area contributed by atoms with Crippen molar-refractivity contribution >= 4 is 18.4 Å². The average Bonchev–Trinajstić information content (AvgIpc) is 2.85. The normalized spacial score (nSPS) is 11.5. The molecule has 0 spiro atoms. The molecule has 0 saturated carbocycles. The molecule has 22 heavy (non-hydrogen) atoms. The molecule has 2 aromatic rings. The summed E-state index contributed by atoms with van der Waals surface area (Å²) in [5.74, 6) is 2.11. The Balaban J connectivity index is 2.45. The number of ether oxygens (including phenoxy) is 1. The predicted molar refractivity (Wildman–Crippen MR) is 91.6 cm³/mol. The van der Waals surface area contributed by atoms with Crippen LogP contribution in [0.2, 0.25) is 0 Å². The molecule has 0 amide bonds. The number of benzene rings is 1. The quantitative estimate of drug-likeness (QED) is 0.673. The number of rotatable bonds is 5. The van der Waals surface area contributed by atoms with E-state index in [0.717, 1.165) is 29.1 Å². The van der Waals surface area contributed by atoms with Crippen LogP contribution in [0, 0.1) is 11.7 Å². The maximum absolute atomic E-state index is 5.47. The van der Waals surface area contributed by atoms with Crippen LogP contribution in [0.1, 0.15) is 49.2 Å². The van der Waals surface area contributed by atoms with E-state index >= 15 is 0 Å². The summed E-state index contributed by atoms with van der Waals surface area (Å²) in [6.45, 7) is 8.36. The van der Waals surface area contributed by atoms with Crippen LogP contribution in [0.25, 0.3) is 0 Å². The molecule has 0 unspecified atom stereocenters. The third kappa shape index (κ3) is 3.27. The standard InChI is InChI=1S/C16H22N4OS/c1-6-15-18-19-16(22)20(15)17-9-12-8-13(10(2)3)14(21-5)7-11(12)4/h7-10H,6H2,1-5H3,(H,19,22)/b17-9-. The Hall–Kier alpha value is -1.95. The second-order valence-electron chi connectivity index (χ2n) is 5.46. The molecular weight excluding hydrogens is 296 g/mol. The highest BCUT2D eigenvalue weighted by Gasteiger charge is 2.10. The molecule has 5 nitrogen and oxygen atoms in total. The molecule has 0 bridgehead atoms. The van der Waals surface area contributed by atoms with Crippen molar-refractivity contribution in [1.82, 2.24) is 14.9 Å². The molecule has 1 N–H and O–H groups in total. The maximum Gasteiger partial charge on any atom is 0.216 e. The van der Waals surface area contributed by atoms with E-state index in [0.29, 0.717) is 10.7 Å². The van der Waals surface area contributed by atoms with Crippen molar-refractivity contribution in [2.75, 3.05) is 7.11 Å². The van der Waals surface area contributed by atoms with E-state index in [9.17, 15) is 0 Å². The highest BCUT2D eigenvalue weighted by Crippen LogP contribution is 2.29. The zero-order chi connectivity index (χ0) is 16.3. The van der Waals surface area contributed by atoms with E-state index < -0.39 is 0 Å². The first-order valence-corrected chi connectivity index (χ1v) is 7.77. The topological polar surface area (TPSA) is 55.2 Å². The van der Waals surface area contributed by atoms with Gasteiger partial charge in [0.05, 0.1) is 13.3 Å². The van der Waals surface area contributed by atoms with Crippen molar-refractivity contribution in [2.45, 2.75) is 40.0 Å². The monoisotopic (exact) mass is 318 g/mol. The van der Waals surface area contributed by atoms with Crippen molar-refractivity contribution < 1.29 is 4.74 Å². The number of aryl methyl sites for hydroxylation is 2. The van der Waals surface area contributed by atoms with Gasteiger partial charge in [-0.05, 0) is 53.9 Å². The predicted octanol–water partition coefficient (Wildman–Crippen LogP) is 3.83. The summed E-state index contributed by atoms with van der Waals surface area (Å²) in [4.78, 5) is 0. The summed E-state index contributed by atoms with van der Waals surface area (Å²) in [5, 5.41) is 11.4. The summed E-state index contributed by atoms with van der Waals surface area (Å²) in [6, 6.07) is 4.17. The molecule has 0 fully saturated rings. The second kappa shape index (κ2) is 6.87. The van der Waals surface area contributed by atoms with Gasteiger partial charge in [0.25, 0.3) is 0 Å². The Morgan fingerprint density at radius 3 is 2.77 bits per heavy atom. The molecule has 0 aliphatic rings. The number of hydrogen-bond donors (Lipinski definition) is 1. The number of nitrogens with zero attached hydrogens (tertiary/aromatic N) is 3. The van der Waals surface area contributed by atoms with E-state index in [4.69, 9.17) is 17.0 Å². The summed E-state index contributed by atoms with van der Waals surface area (Å²) in [7, 11) is 1.70. The molecule has 0 saturated heterocycles. The van der Waals surface area contributed by atoms with E-state index in [1.807, 2.05) is 26.1 Å². The fraction of sp³-hybridized carbons (Fsp3) is 0.438. The van der Waals surface area contributed by atoms with Gasteiger partial charge in [-0.25, -0.2) is 0 Å². The molecule has 0 atom stereocenters. The Morgan fingerprint density at radius 1 is 1.45 bits per heavy atom. The minimum atomic E-state index is 0.380. The fourth-order valence-electron chi connectivity index (χ4n) is 2.27. The second-order valence-corrected chi connectivity index (χ2v) is 5.85. The van der Waals surface area contributed by atoms with E-state index in [-0.39, 0.29) is 0 Å². The summed E-state index contributed by atoms with van der Waals surface area (Å²) in [6.07, 6.45) is 2.59. The van der Waals surface area contributed by atoms with Gasteiger partial charge >= 0.3 is 0 Å². The first-order chi connectivity index (χ1) is 10.5. The van der Waals surface area contributed by atoms with Crippen LogP contribution in [0.5, 0.6) is 5.75 Å². The van der Waals surface area contributed by atoms with Gasteiger partial charge in [-0.2, -0.15) is 14.9 Å². The number of aromatic nitrogens is 3. The summed E-state index contributed by atoms with van der Waals surface area (Å²) in [5.41, 5.74) is 3.33. The molecular formula is C16H22N4OS. The van der Waals surface area contributed by atoms with E-state index in [1.165, 1.54) is 5.56 Å². The van der Waals surface area contributed by atoms with E-state index in [2.05, 4.69) is 35.2 Å². The van der Waals surface area contributed by atoms with Crippen molar-refractivity contribution in [3.63, 3.8) is 0 Å². The van der Waals surface area contributed by atoms with Crippen LogP contribution in [-0.4, -0.2) is 28.2 Å². The first kappa shape index (κ1) is 16.4. The Kier molecular flexibility index (Phi) is 5.13. The van der Waals surface area contributed by atoms with Crippen molar-refractivity contribution in [1.29, 1.82) is 0 Å². The third-order valence-corrected chi connectivity index (χ3v) is 3.85. The number of H-pyrrole nitrogens is 1. The van der Waals surface area contributed by atoms with Crippen LogP contribution in [0.4, 0.5) is 0 Å². The lowest BCUT2D eigenvalue weighted by Gasteiger charge is -2.14. The van der Waals surface area contributed by atoms with Crippen molar-refractivity contribution in [3.8, 4) is 5.75 Å². The van der Waals surface area contributed by atoms with Crippen LogP contribution in [0.3, 0.4) is 0 Å². The molecule has 0 aliphatic carbocycles. The number of nitrogens with one attached hydrogen (secondary N) is 1. The van der Waals surface area contributed by atoms with Gasteiger partial charge in [0, 0.05) is 6.42 Å². The van der Waals surface area contributed by atoms with Gasteiger partial charge in [-0.15, -0.1) is 0 Å². The van der Waals surface area contributed by atoms with Gasteiger partial charge in [0.2, 0.25) is 4.77 Å². The lowest BCUT2D eigenvalue weighted by molar-refractivity contribution is 0.407. The number of aromatic amines is 1. The van der Waals surface area contributed by atoms with Gasteiger partial charge in [0.15, 0.2) is 5.82 Å². The minimum absolute atomic E-state index is 0.380. The van der Waals surface area contributed by atoms with Crippen LogP contribution in [-0.2, 0) is 6.42 Å². The number of hydrogen-bond acceptors (Lipinski definition) is 4. The first-order valence-electron chi connectivity index (χ1n) is 7.37. The molecule has 0 radical (unpaired) electrons. The summed E-state index contributed by atoms with van der Waals surface area (Å²) >= 11 is 5.21. The molecule has 1 aromatic carbocycles. The average molecular weight is 318 g/mol. The van der Waals surface area contributed by atoms with Crippen LogP contribution >= 0.6 is 12.2 Å². The number of methoxy groups -OCH3 is 1. The van der Waals surface area contributed by atoms with Gasteiger partial charge < -0.3 is 4.74 Å². The van der Waals surface area contributed by atoms with Gasteiger partial charge in [-0.1, -0.05) is 20.8 Å². The molecule has 1 aromatic heterocycles. The van der Waals surface area contributed by atoms with Crippen molar-refractivity contribution in [3.05, 3.63) is 39.4 Å². The largest absolute Gasteiger partial charge is 0.496 e. The SMILES string of the molecule is CCc1n[nH]c(=S)n1/N=C\c1cc(C(C)C)c(OC)cc1C.